The number of hydrogen-bond acceptors (Lipinski definition) is 3. The second kappa shape index (κ2) is 5.13. The summed E-state index contributed by atoms with van der Waals surface area (Å²) in [7, 11) is -3.46. The monoisotopic (exact) mass is 282 g/mol. The first-order valence-electron chi connectivity index (χ1n) is 6.69. The largest absolute Gasteiger partial charge is 0.398 e. The summed E-state index contributed by atoms with van der Waals surface area (Å²) in [5.74, 6) is 0.715. The summed E-state index contributed by atoms with van der Waals surface area (Å²) in [5, 5.41) is 0. The van der Waals surface area contributed by atoms with Crippen LogP contribution in [0.15, 0.2) is 11.0 Å². The third-order valence-electron chi connectivity index (χ3n) is 3.89. The van der Waals surface area contributed by atoms with Gasteiger partial charge < -0.3 is 5.73 Å². The predicted molar refractivity (Wildman–Crippen MR) is 77.6 cm³/mol. The van der Waals surface area contributed by atoms with E-state index in [0.717, 1.165) is 17.5 Å². The number of anilines is 1. The molecule has 1 saturated carbocycles. The van der Waals surface area contributed by atoms with Crippen molar-refractivity contribution in [2.24, 2.45) is 5.92 Å². The van der Waals surface area contributed by atoms with Crippen molar-refractivity contribution >= 4 is 15.7 Å². The van der Waals surface area contributed by atoms with Crippen molar-refractivity contribution < 1.29 is 8.42 Å². The summed E-state index contributed by atoms with van der Waals surface area (Å²) in [6, 6.07) is 1.83. The molecular weight excluding hydrogens is 260 g/mol. The van der Waals surface area contributed by atoms with Gasteiger partial charge >= 0.3 is 0 Å². The molecule has 1 aromatic rings. The van der Waals surface area contributed by atoms with Gasteiger partial charge in [0.15, 0.2) is 0 Å². The molecule has 0 heterocycles. The number of hydrogen-bond donors (Lipinski definition) is 2. The maximum atomic E-state index is 12.4. The van der Waals surface area contributed by atoms with Crippen LogP contribution in [0.5, 0.6) is 0 Å². The first kappa shape index (κ1) is 14.3. The van der Waals surface area contributed by atoms with E-state index in [4.69, 9.17) is 5.73 Å². The summed E-state index contributed by atoms with van der Waals surface area (Å²) >= 11 is 0. The van der Waals surface area contributed by atoms with Crippen molar-refractivity contribution in [1.29, 1.82) is 0 Å². The van der Waals surface area contributed by atoms with Crippen LogP contribution in [0.1, 0.15) is 36.0 Å². The lowest BCUT2D eigenvalue weighted by Gasteiger charge is -2.15. The highest BCUT2D eigenvalue weighted by atomic mass is 32.2. The molecule has 4 nitrogen and oxygen atoms in total. The zero-order valence-corrected chi connectivity index (χ0v) is 12.6. The lowest BCUT2D eigenvalue weighted by Crippen LogP contribution is -2.27. The van der Waals surface area contributed by atoms with Crippen LogP contribution in [0.4, 0.5) is 5.69 Å². The molecule has 0 radical (unpaired) electrons. The van der Waals surface area contributed by atoms with Gasteiger partial charge in [0.2, 0.25) is 10.0 Å². The van der Waals surface area contributed by atoms with E-state index in [1.54, 1.807) is 6.92 Å². The van der Waals surface area contributed by atoms with Gasteiger partial charge in [-0.1, -0.05) is 12.8 Å². The fourth-order valence-electron chi connectivity index (χ4n) is 2.32. The quantitative estimate of drug-likeness (QED) is 0.814. The molecule has 0 bridgehead atoms. The normalized spacial score (nSPS) is 15.7. The van der Waals surface area contributed by atoms with Gasteiger partial charge in [-0.15, -0.1) is 0 Å². The molecule has 2 rings (SSSR count). The van der Waals surface area contributed by atoms with E-state index in [1.807, 2.05) is 19.9 Å². The van der Waals surface area contributed by atoms with Gasteiger partial charge in [-0.05, 0) is 55.9 Å². The van der Waals surface area contributed by atoms with Gasteiger partial charge in [-0.25, -0.2) is 13.1 Å². The highest BCUT2D eigenvalue weighted by Gasteiger charge is 2.24. The molecule has 1 aliphatic carbocycles. The molecule has 0 amide bonds. The minimum absolute atomic E-state index is 0.348. The number of rotatable bonds is 5. The molecule has 0 aliphatic heterocycles. The molecule has 1 fully saturated rings. The van der Waals surface area contributed by atoms with Gasteiger partial charge in [-0.3, -0.25) is 0 Å². The molecule has 0 saturated heterocycles. The summed E-state index contributed by atoms with van der Waals surface area (Å²) in [6.07, 6.45) is 3.40. The van der Waals surface area contributed by atoms with E-state index >= 15 is 0 Å². The van der Waals surface area contributed by atoms with Crippen LogP contribution >= 0.6 is 0 Å². The van der Waals surface area contributed by atoms with Crippen molar-refractivity contribution in [3.63, 3.8) is 0 Å². The number of nitrogen functional groups attached to an aromatic ring is 1. The Kier molecular flexibility index (Phi) is 3.87. The number of nitrogens with one attached hydrogen (secondary N) is 1. The van der Waals surface area contributed by atoms with E-state index in [9.17, 15) is 8.42 Å². The predicted octanol–water partition coefficient (Wildman–Crippen LogP) is 2.27. The topological polar surface area (TPSA) is 72.2 Å². The van der Waals surface area contributed by atoms with Crippen LogP contribution in [0, 0.1) is 26.7 Å². The smallest absolute Gasteiger partial charge is 0.241 e. The van der Waals surface area contributed by atoms with Crippen molar-refractivity contribution in [1.82, 2.24) is 4.72 Å². The lowest BCUT2D eigenvalue weighted by molar-refractivity contribution is 0.574. The Morgan fingerprint density at radius 3 is 2.47 bits per heavy atom. The fourth-order valence-corrected chi connectivity index (χ4v) is 3.94. The van der Waals surface area contributed by atoms with Gasteiger partial charge in [0.05, 0.1) is 4.90 Å². The van der Waals surface area contributed by atoms with Crippen molar-refractivity contribution in [3.05, 3.63) is 22.8 Å². The lowest BCUT2D eigenvalue weighted by atomic mass is 10.1. The van der Waals surface area contributed by atoms with Crippen molar-refractivity contribution in [3.8, 4) is 0 Å². The Hall–Kier alpha value is -1.07. The third-order valence-corrected chi connectivity index (χ3v) is 5.62. The second-order valence-corrected chi connectivity index (χ2v) is 7.20. The maximum Gasteiger partial charge on any atom is 0.241 e. The molecule has 19 heavy (non-hydrogen) atoms. The minimum Gasteiger partial charge on any atom is -0.398 e. The number of nitrogens with two attached hydrogens (primary N) is 1. The Bertz CT molecular complexity index is 564. The highest BCUT2D eigenvalue weighted by Crippen LogP contribution is 2.32. The fraction of sp³-hybridized carbons (Fsp3) is 0.571. The minimum atomic E-state index is -3.46. The molecule has 0 aromatic heterocycles. The summed E-state index contributed by atoms with van der Waals surface area (Å²) < 4.78 is 27.5. The van der Waals surface area contributed by atoms with E-state index in [0.29, 0.717) is 28.6 Å². The molecule has 0 spiro atoms. The van der Waals surface area contributed by atoms with E-state index < -0.39 is 10.0 Å². The SMILES string of the molecule is Cc1cc(N)c(C)c(S(=O)(=O)NCCC2CC2)c1C. The number of benzene rings is 1. The van der Waals surface area contributed by atoms with Crippen LogP contribution < -0.4 is 10.5 Å². The first-order chi connectivity index (χ1) is 8.83. The molecule has 5 heteroatoms. The Morgan fingerprint density at radius 2 is 1.89 bits per heavy atom. The van der Waals surface area contributed by atoms with E-state index in [1.165, 1.54) is 12.8 Å². The second-order valence-electron chi connectivity index (χ2n) is 5.49. The van der Waals surface area contributed by atoms with Crippen LogP contribution in [0.25, 0.3) is 0 Å². The van der Waals surface area contributed by atoms with Crippen LogP contribution in [-0.2, 0) is 10.0 Å². The number of aryl methyl sites for hydroxylation is 1. The molecule has 0 atom stereocenters. The summed E-state index contributed by atoms with van der Waals surface area (Å²) in [4.78, 5) is 0.348. The molecule has 1 aliphatic rings. The standard InChI is InChI=1S/C14H22N2O2S/c1-9-8-13(15)11(3)14(10(9)2)19(17,18)16-7-6-12-4-5-12/h8,12,16H,4-7,15H2,1-3H3. The zero-order chi connectivity index (χ0) is 14.2. The Balaban J connectivity index is 2.27. The zero-order valence-electron chi connectivity index (χ0n) is 11.8. The van der Waals surface area contributed by atoms with Crippen molar-refractivity contribution in [2.75, 3.05) is 12.3 Å². The van der Waals surface area contributed by atoms with Gasteiger partial charge in [0, 0.05) is 12.2 Å². The number of sulfonamides is 1. The maximum absolute atomic E-state index is 12.4. The molecule has 106 valence electrons. The Labute approximate surface area is 115 Å². The highest BCUT2D eigenvalue weighted by molar-refractivity contribution is 7.89. The van der Waals surface area contributed by atoms with Crippen LogP contribution in [-0.4, -0.2) is 15.0 Å². The summed E-state index contributed by atoms with van der Waals surface area (Å²) in [6.45, 7) is 5.99. The molecule has 1 aromatic carbocycles. The molecular formula is C14H22N2O2S. The van der Waals surface area contributed by atoms with E-state index in [2.05, 4.69) is 4.72 Å². The summed E-state index contributed by atoms with van der Waals surface area (Å²) in [5.41, 5.74) is 8.75. The van der Waals surface area contributed by atoms with Crippen molar-refractivity contribution in [2.45, 2.75) is 44.9 Å². The van der Waals surface area contributed by atoms with Crippen LogP contribution in [0.3, 0.4) is 0 Å². The van der Waals surface area contributed by atoms with Gasteiger partial charge in [-0.2, -0.15) is 0 Å². The van der Waals surface area contributed by atoms with Gasteiger partial charge in [0.25, 0.3) is 0 Å². The average Bonchev–Trinajstić information content (AvgIpc) is 3.10. The third kappa shape index (κ3) is 3.09. The first-order valence-corrected chi connectivity index (χ1v) is 8.17. The van der Waals surface area contributed by atoms with E-state index in [-0.39, 0.29) is 0 Å². The Morgan fingerprint density at radius 1 is 1.26 bits per heavy atom. The molecule has 0 unspecified atom stereocenters. The molecule has 3 N–H and O–H groups in total. The van der Waals surface area contributed by atoms with Crippen LogP contribution in [0.2, 0.25) is 0 Å². The van der Waals surface area contributed by atoms with Gasteiger partial charge in [0.1, 0.15) is 0 Å². The average molecular weight is 282 g/mol.